The van der Waals surface area contributed by atoms with Crippen LogP contribution < -0.4 is 5.63 Å². The van der Waals surface area contributed by atoms with E-state index in [9.17, 15) is 9.90 Å². The molecule has 0 radical (unpaired) electrons. The van der Waals surface area contributed by atoms with Gasteiger partial charge < -0.3 is 9.52 Å². The van der Waals surface area contributed by atoms with Gasteiger partial charge in [-0.1, -0.05) is 36.4 Å². The molecule has 0 fully saturated rings. The van der Waals surface area contributed by atoms with Gasteiger partial charge in [0.1, 0.15) is 11.5 Å². The van der Waals surface area contributed by atoms with E-state index in [2.05, 4.69) is 0 Å². The minimum Gasteiger partial charge on any atom is -0.508 e. The molecule has 0 unspecified atom stereocenters. The molecule has 1 aromatic heterocycles. The lowest BCUT2D eigenvalue weighted by Crippen LogP contribution is -1.96. The van der Waals surface area contributed by atoms with Crippen molar-refractivity contribution in [3.05, 3.63) is 65.0 Å². The molecule has 2 aromatic carbocycles. The molecule has 0 spiro atoms. The number of aromatic hydroxyl groups is 1. The summed E-state index contributed by atoms with van der Waals surface area (Å²) in [6.45, 7) is 0. The first-order chi connectivity index (χ1) is 8.72. The minimum absolute atomic E-state index is 0.0885. The first-order valence-corrected chi connectivity index (χ1v) is 5.56. The Balaban J connectivity index is 2.22. The van der Waals surface area contributed by atoms with Crippen molar-refractivity contribution in [1.82, 2.24) is 0 Å². The zero-order valence-corrected chi connectivity index (χ0v) is 9.46. The molecular weight excluding hydrogens is 228 g/mol. The highest BCUT2D eigenvalue weighted by molar-refractivity contribution is 5.86. The molecule has 0 bridgehead atoms. The van der Waals surface area contributed by atoms with E-state index in [1.807, 2.05) is 42.5 Å². The average Bonchev–Trinajstić information content (AvgIpc) is 2.37. The van der Waals surface area contributed by atoms with Crippen LogP contribution in [0.1, 0.15) is 0 Å². The quantitative estimate of drug-likeness (QED) is 0.708. The third kappa shape index (κ3) is 1.86. The lowest BCUT2D eigenvalue weighted by atomic mass is 10.1. The number of hydrogen-bond donors (Lipinski definition) is 1. The Kier molecular flexibility index (Phi) is 2.38. The first kappa shape index (κ1) is 10.6. The molecule has 1 N–H and O–H groups in total. The van der Waals surface area contributed by atoms with Gasteiger partial charge in [0.05, 0.1) is 6.07 Å². The molecule has 3 aromatic rings. The van der Waals surface area contributed by atoms with Crippen molar-refractivity contribution >= 4 is 10.8 Å². The lowest BCUT2D eigenvalue weighted by Gasteiger charge is -2.03. The minimum atomic E-state index is -0.557. The van der Waals surface area contributed by atoms with Crippen LogP contribution >= 0.6 is 0 Å². The number of fused-ring (bicyclic) bond motifs is 1. The van der Waals surface area contributed by atoms with Crippen molar-refractivity contribution in [1.29, 1.82) is 0 Å². The van der Waals surface area contributed by atoms with Crippen LogP contribution in [-0.2, 0) is 0 Å². The second-order valence-corrected chi connectivity index (χ2v) is 4.06. The number of hydrogen-bond acceptors (Lipinski definition) is 3. The van der Waals surface area contributed by atoms with E-state index in [0.717, 1.165) is 22.4 Å². The van der Waals surface area contributed by atoms with Gasteiger partial charge in [0.25, 0.3) is 0 Å². The maximum absolute atomic E-state index is 11.2. The Morgan fingerprint density at radius 1 is 0.889 bits per heavy atom. The predicted molar refractivity (Wildman–Crippen MR) is 69.6 cm³/mol. The maximum Gasteiger partial charge on any atom is 0.339 e. The monoisotopic (exact) mass is 238 g/mol. The third-order valence-corrected chi connectivity index (χ3v) is 2.79. The third-order valence-electron chi connectivity index (χ3n) is 2.79. The molecule has 3 heteroatoms. The fourth-order valence-electron chi connectivity index (χ4n) is 1.95. The molecule has 0 aliphatic heterocycles. The highest BCUT2D eigenvalue weighted by atomic mass is 16.4. The van der Waals surface area contributed by atoms with Crippen LogP contribution in [0.2, 0.25) is 0 Å². The van der Waals surface area contributed by atoms with Crippen molar-refractivity contribution < 1.29 is 9.52 Å². The summed E-state index contributed by atoms with van der Waals surface area (Å²) in [5.41, 5.74) is 0.208. The van der Waals surface area contributed by atoms with E-state index in [1.165, 1.54) is 6.07 Å². The van der Waals surface area contributed by atoms with Crippen LogP contribution in [0.15, 0.2) is 63.8 Å². The molecular formula is C15H10O3. The highest BCUT2D eigenvalue weighted by Gasteiger charge is 2.04. The van der Waals surface area contributed by atoms with Gasteiger partial charge in [-0.2, -0.15) is 0 Å². The Morgan fingerprint density at radius 2 is 1.67 bits per heavy atom. The molecule has 0 saturated heterocycles. The number of benzene rings is 2. The highest BCUT2D eigenvalue weighted by Crippen LogP contribution is 2.25. The Hall–Kier alpha value is -2.55. The van der Waals surface area contributed by atoms with Crippen LogP contribution in [0.25, 0.3) is 22.1 Å². The summed E-state index contributed by atoms with van der Waals surface area (Å²) in [6.07, 6.45) is 0. The predicted octanol–water partition coefficient (Wildman–Crippen LogP) is 3.17. The summed E-state index contributed by atoms with van der Waals surface area (Å²) in [5.74, 6) is 0.278. The zero-order valence-electron chi connectivity index (χ0n) is 9.46. The molecule has 0 aliphatic rings. The van der Waals surface area contributed by atoms with E-state index >= 15 is 0 Å². The van der Waals surface area contributed by atoms with Crippen molar-refractivity contribution in [2.75, 3.05) is 0 Å². The second kappa shape index (κ2) is 4.04. The molecule has 18 heavy (non-hydrogen) atoms. The molecule has 0 saturated carbocycles. The smallest absolute Gasteiger partial charge is 0.339 e. The van der Waals surface area contributed by atoms with E-state index in [4.69, 9.17) is 4.42 Å². The Labute approximate surface area is 103 Å². The lowest BCUT2D eigenvalue weighted by molar-refractivity contribution is 0.453. The summed E-state index contributed by atoms with van der Waals surface area (Å²) < 4.78 is 5.08. The van der Waals surface area contributed by atoms with Crippen molar-refractivity contribution in [3.8, 4) is 17.1 Å². The largest absolute Gasteiger partial charge is 0.508 e. The normalized spacial score (nSPS) is 10.7. The fraction of sp³-hybridized carbons (Fsp3) is 0. The van der Waals surface area contributed by atoms with Gasteiger partial charge in [-0.15, -0.1) is 0 Å². The molecule has 0 amide bonds. The van der Waals surface area contributed by atoms with Crippen LogP contribution in [0.5, 0.6) is 5.75 Å². The first-order valence-electron chi connectivity index (χ1n) is 5.56. The molecule has 0 aliphatic carbocycles. The van der Waals surface area contributed by atoms with Gasteiger partial charge in [0.2, 0.25) is 0 Å². The van der Waals surface area contributed by atoms with Gasteiger partial charge >= 0.3 is 5.63 Å². The van der Waals surface area contributed by atoms with E-state index < -0.39 is 5.63 Å². The average molecular weight is 238 g/mol. The summed E-state index contributed by atoms with van der Waals surface area (Å²) >= 11 is 0. The summed E-state index contributed by atoms with van der Waals surface area (Å²) in [5, 5.41) is 11.6. The maximum atomic E-state index is 11.2. The number of rotatable bonds is 1. The van der Waals surface area contributed by atoms with Crippen LogP contribution in [0.4, 0.5) is 0 Å². The molecule has 0 atom stereocenters. The SMILES string of the molecule is O=c1cc(O)cc(-c2ccc3ccccc3c2)o1. The van der Waals surface area contributed by atoms with Crippen LogP contribution in [0, 0.1) is 0 Å². The van der Waals surface area contributed by atoms with Gasteiger partial charge in [-0.25, -0.2) is 4.79 Å². The summed E-state index contributed by atoms with van der Waals surface area (Å²) in [4.78, 5) is 11.2. The van der Waals surface area contributed by atoms with Gasteiger partial charge in [0, 0.05) is 11.6 Å². The van der Waals surface area contributed by atoms with E-state index in [0.29, 0.717) is 5.76 Å². The van der Waals surface area contributed by atoms with E-state index in [-0.39, 0.29) is 5.75 Å². The van der Waals surface area contributed by atoms with Gasteiger partial charge in [-0.3, -0.25) is 0 Å². The van der Waals surface area contributed by atoms with Crippen molar-refractivity contribution in [2.45, 2.75) is 0 Å². The topological polar surface area (TPSA) is 50.4 Å². The molecule has 3 nitrogen and oxygen atoms in total. The van der Waals surface area contributed by atoms with Gasteiger partial charge in [0.15, 0.2) is 0 Å². The Bertz CT molecular complexity index is 772. The van der Waals surface area contributed by atoms with Crippen LogP contribution in [-0.4, -0.2) is 5.11 Å². The van der Waals surface area contributed by atoms with Gasteiger partial charge in [-0.05, 0) is 16.8 Å². The van der Waals surface area contributed by atoms with Crippen LogP contribution in [0.3, 0.4) is 0 Å². The molecule has 1 heterocycles. The fourth-order valence-corrected chi connectivity index (χ4v) is 1.95. The van der Waals surface area contributed by atoms with Crippen molar-refractivity contribution in [3.63, 3.8) is 0 Å². The summed E-state index contributed by atoms with van der Waals surface area (Å²) in [7, 11) is 0. The van der Waals surface area contributed by atoms with Crippen molar-refractivity contribution in [2.24, 2.45) is 0 Å². The summed E-state index contributed by atoms with van der Waals surface area (Å²) in [6, 6.07) is 16.1. The standard InChI is InChI=1S/C15H10O3/c16-13-8-14(18-15(17)9-13)12-6-5-10-3-1-2-4-11(10)7-12/h1-9,16H. The molecule has 88 valence electrons. The van der Waals surface area contributed by atoms with E-state index in [1.54, 1.807) is 0 Å². The zero-order chi connectivity index (χ0) is 12.5. The molecule has 3 rings (SSSR count). The second-order valence-electron chi connectivity index (χ2n) is 4.06. The Morgan fingerprint density at radius 3 is 2.44 bits per heavy atom.